The van der Waals surface area contributed by atoms with E-state index < -0.39 is 0 Å². The summed E-state index contributed by atoms with van der Waals surface area (Å²) in [6, 6.07) is 17.3. The van der Waals surface area contributed by atoms with E-state index in [0.717, 1.165) is 51.3 Å². The third-order valence-electron chi connectivity index (χ3n) is 6.63. The largest absolute Gasteiger partial charge is 0.340 e. The number of rotatable bonds is 6. The minimum absolute atomic E-state index is 0.120. The van der Waals surface area contributed by atoms with Crippen molar-refractivity contribution in [2.24, 2.45) is 5.92 Å². The molecule has 4 rings (SSSR count). The Morgan fingerprint density at radius 1 is 1.03 bits per heavy atom. The van der Waals surface area contributed by atoms with Crippen LogP contribution in [-0.4, -0.2) is 64.9 Å². The van der Waals surface area contributed by atoms with E-state index >= 15 is 0 Å². The maximum Gasteiger partial charge on any atom is 0.227 e. The molecule has 5 nitrogen and oxygen atoms in total. The molecule has 1 atom stereocenters. The average Bonchev–Trinajstić information content (AvgIpc) is 2.80. The highest BCUT2D eigenvalue weighted by molar-refractivity contribution is 5.78. The molecule has 2 aliphatic rings. The highest BCUT2D eigenvalue weighted by Gasteiger charge is 2.32. The van der Waals surface area contributed by atoms with Crippen LogP contribution in [0.3, 0.4) is 0 Å². The van der Waals surface area contributed by atoms with E-state index in [0.29, 0.717) is 12.6 Å². The summed E-state index contributed by atoms with van der Waals surface area (Å²) in [5, 5.41) is 0. The summed E-state index contributed by atoms with van der Waals surface area (Å²) in [4.78, 5) is 24.4. The fraction of sp³-hybridized carbons (Fsp3) is 0.520. The number of hydrogen-bond acceptors (Lipinski definition) is 4. The first-order valence-electron chi connectivity index (χ1n) is 11.3. The van der Waals surface area contributed by atoms with E-state index in [2.05, 4.69) is 45.1 Å². The standard InChI is InChI=1S/C25H34N4O/c1-27(20-23-11-5-6-14-26-23)25(30)22-10-7-15-29(19-22)24-12-16-28(17-13-24)18-21-8-3-2-4-9-21/h2-6,8-9,11,14,22,24H,7,10,12-13,15-20H2,1H3/t22-/m1/s1. The molecule has 0 bridgehead atoms. The van der Waals surface area contributed by atoms with Gasteiger partial charge < -0.3 is 4.90 Å². The molecule has 5 heteroatoms. The predicted molar refractivity (Wildman–Crippen MR) is 120 cm³/mol. The highest BCUT2D eigenvalue weighted by Crippen LogP contribution is 2.25. The van der Waals surface area contributed by atoms with Crippen LogP contribution in [-0.2, 0) is 17.9 Å². The van der Waals surface area contributed by atoms with E-state index in [1.165, 1.54) is 18.4 Å². The topological polar surface area (TPSA) is 39.7 Å². The van der Waals surface area contributed by atoms with Crippen molar-refractivity contribution in [1.29, 1.82) is 0 Å². The fourth-order valence-electron chi connectivity index (χ4n) is 4.95. The molecule has 1 aromatic carbocycles. The molecule has 2 saturated heterocycles. The van der Waals surface area contributed by atoms with Gasteiger partial charge >= 0.3 is 0 Å². The number of carbonyl (C=O) groups excluding carboxylic acids is 1. The first-order chi connectivity index (χ1) is 14.7. The van der Waals surface area contributed by atoms with E-state index in [4.69, 9.17) is 0 Å². The van der Waals surface area contributed by atoms with Gasteiger partial charge in [0.2, 0.25) is 5.91 Å². The Morgan fingerprint density at radius 3 is 2.53 bits per heavy atom. The maximum atomic E-state index is 13.0. The minimum atomic E-state index is 0.120. The number of aromatic nitrogens is 1. The van der Waals surface area contributed by atoms with E-state index in [1.54, 1.807) is 6.20 Å². The van der Waals surface area contributed by atoms with Gasteiger partial charge in [0.15, 0.2) is 0 Å². The summed E-state index contributed by atoms with van der Waals surface area (Å²) in [6.07, 6.45) is 6.34. The Balaban J connectivity index is 1.26. The number of pyridine rings is 1. The number of amides is 1. The van der Waals surface area contributed by atoms with Gasteiger partial charge in [0.05, 0.1) is 18.2 Å². The molecule has 0 aliphatic carbocycles. The zero-order chi connectivity index (χ0) is 20.8. The molecule has 2 fully saturated rings. The molecular formula is C25H34N4O. The van der Waals surface area contributed by atoms with Crippen molar-refractivity contribution in [1.82, 2.24) is 19.7 Å². The number of benzene rings is 1. The van der Waals surface area contributed by atoms with Gasteiger partial charge in [-0.3, -0.25) is 19.6 Å². The van der Waals surface area contributed by atoms with Crippen LogP contribution in [0.15, 0.2) is 54.7 Å². The van der Waals surface area contributed by atoms with Crippen LogP contribution in [0.1, 0.15) is 36.9 Å². The Morgan fingerprint density at radius 2 is 1.80 bits per heavy atom. The van der Waals surface area contributed by atoms with Gasteiger partial charge in [-0.05, 0) is 63.0 Å². The molecule has 0 unspecified atom stereocenters. The SMILES string of the molecule is CN(Cc1ccccn1)C(=O)[C@@H]1CCCN(C2CCN(Cc3ccccc3)CC2)C1. The quantitative estimate of drug-likeness (QED) is 0.737. The van der Waals surface area contributed by atoms with Crippen LogP contribution in [0.4, 0.5) is 0 Å². The lowest BCUT2D eigenvalue weighted by Crippen LogP contribution is -2.50. The van der Waals surface area contributed by atoms with Crippen molar-refractivity contribution < 1.29 is 4.79 Å². The Hall–Kier alpha value is -2.24. The molecule has 2 aromatic rings. The van der Waals surface area contributed by atoms with Gasteiger partial charge in [-0.25, -0.2) is 0 Å². The predicted octanol–water partition coefficient (Wildman–Crippen LogP) is 3.42. The van der Waals surface area contributed by atoms with Crippen molar-refractivity contribution in [3.8, 4) is 0 Å². The highest BCUT2D eigenvalue weighted by atomic mass is 16.2. The summed E-state index contributed by atoms with van der Waals surface area (Å²) in [6.45, 7) is 5.98. The molecule has 160 valence electrons. The van der Waals surface area contributed by atoms with Crippen molar-refractivity contribution in [3.05, 3.63) is 66.0 Å². The van der Waals surface area contributed by atoms with Gasteiger partial charge in [-0.2, -0.15) is 0 Å². The molecule has 0 spiro atoms. The van der Waals surface area contributed by atoms with Gasteiger partial charge in [0.25, 0.3) is 0 Å². The molecule has 30 heavy (non-hydrogen) atoms. The van der Waals surface area contributed by atoms with Crippen LogP contribution in [0, 0.1) is 5.92 Å². The van der Waals surface area contributed by atoms with Crippen LogP contribution in [0.25, 0.3) is 0 Å². The van der Waals surface area contributed by atoms with Crippen LogP contribution < -0.4 is 0 Å². The Labute approximate surface area is 180 Å². The maximum absolute atomic E-state index is 13.0. The third kappa shape index (κ3) is 5.46. The molecule has 0 radical (unpaired) electrons. The van der Waals surface area contributed by atoms with Gasteiger partial charge in [-0.15, -0.1) is 0 Å². The zero-order valence-electron chi connectivity index (χ0n) is 18.1. The smallest absolute Gasteiger partial charge is 0.227 e. The van der Waals surface area contributed by atoms with Crippen molar-refractivity contribution >= 4 is 5.91 Å². The lowest BCUT2D eigenvalue weighted by Gasteiger charge is -2.42. The molecular weight excluding hydrogens is 372 g/mol. The third-order valence-corrected chi connectivity index (χ3v) is 6.63. The molecule has 0 N–H and O–H groups in total. The zero-order valence-corrected chi connectivity index (χ0v) is 18.1. The van der Waals surface area contributed by atoms with Crippen molar-refractivity contribution in [2.75, 3.05) is 33.2 Å². The van der Waals surface area contributed by atoms with E-state index in [-0.39, 0.29) is 11.8 Å². The summed E-state index contributed by atoms with van der Waals surface area (Å²) in [5.41, 5.74) is 2.35. The van der Waals surface area contributed by atoms with Crippen molar-refractivity contribution in [2.45, 2.75) is 44.8 Å². The first kappa shape index (κ1) is 21.0. The van der Waals surface area contributed by atoms with Gasteiger partial charge in [0.1, 0.15) is 0 Å². The molecule has 0 saturated carbocycles. The average molecular weight is 407 g/mol. The monoisotopic (exact) mass is 406 g/mol. The van der Waals surface area contributed by atoms with E-state index in [1.807, 2.05) is 30.1 Å². The lowest BCUT2D eigenvalue weighted by molar-refractivity contribution is -0.137. The van der Waals surface area contributed by atoms with Gasteiger partial charge in [-0.1, -0.05) is 36.4 Å². The molecule has 1 amide bonds. The van der Waals surface area contributed by atoms with Crippen molar-refractivity contribution in [3.63, 3.8) is 0 Å². The second-order valence-electron chi connectivity index (χ2n) is 8.84. The summed E-state index contributed by atoms with van der Waals surface area (Å²) in [5.74, 6) is 0.390. The molecule has 3 heterocycles. The normalized spacial score (nSPS) is 21.4. The lowest BCUT2D eigenvalue weighted by atomic mass is 9.92. The number of carbonyl (C=O) groups is 1. The Bertz CT molecular complexity index is 789. The summed E-state index contributed by atoms with van der Waals surface area (Å²) < 4.78 is 0. The number of nitrogens with zero attached hydrogens (tertiary/aromatic N) is 4. The minimum Gasteiger partial charge on any atom is -0.340 e. The number of hydrogen-bond donors (Lipinski definition) is 0. The van der Waals surface area contributed by atoms with Crippen LogP contribution in [0.2, 0.25) is 0 Å². The molecule has 2 aliphatic heterocycles. The van der Waals surface area contributed by atoms with Crippen LogP contribution >= 0.6 is 0 Å². The Kier molecular flexibility index (Phi) is 7.13. The number of likely N-dealkylation sites (tertiary alicyclic amines) is 2. The second-order valence-corrected chi connectivity index (χ2v) is 8.84. The summed E-state index contributed by atoms with van der Waals surface area (Å²) in [7, 11) is 1.91. The summed E-state index contributed by atoms with van der Waals surface area (Å²) >= 11 is 0. The van der Waals surface area contributed by atoms with Crippen LogP contribution in [0.5, 0.6) is 0 Å². The van der Waals surface area contributed by atoms with Gasteiger partial charge in [0, 0.05) is 32.4 Å². The number of piperidine rings is 2. The van der Waals surface area contributed by atoms with E-state index in [9.17, 15) is 4.79 Å². The molecule has 1 aromatic heterocycles. The fourth-order valence-corrected chi connectivity index (χ4v) is 4.95. The second kappa shape index (κ2) is 10.2. The first-order valence-corrected chi connectivity index (χ1v) is 11.3.